The van der Waals surface area contributed by atoms with E-state index in [0.717, 1.165) is 0 Å². The van der Waals surface area contributed by atoms with Gasteiger partial charge in [0.1, 0.15) is 0 Å². The summed E-state index contributed by atoms with van der Waals surface area (Å²) in [5.74, 6) is 0. The molecule has 0 amide bonds. The number of benzene rings is 3. The average molecular weight is 365 g/mol. The van der Waals surface area contributed by atoms with Gasteiger partial charge in [0.15, 0.2) is 0 Å². The molecule has 4 rings (SSSR count). The van der Waals surface area contributed by atoms with Crippen LogP contribution in [0.15, 0.2) is 84.9 Å². The van der Waals surface area contributed by atoms with Crippen molar-refractivity contribution in [2.45, 2.75) is 17.0 Å². The molecule has 2 heteroatoms. The lowest BCUT2D eigenvalue weighted by molar-refractivity contribution is -0.118. The maximum Gasteiger partial charge on any atom is 0.0987 e. The summed E-state index contributed by atoms with van der Waals surface area (Å²) in [5, 5.41) is 0. The molecule has 0 bridgehead atoms. The molecular formula is C21H17BrO. The Kier molecular flexibility index (Phi) is 4.02. The molecule has 1 nitrogen and oxygen atoms in total. The molecule has 3 aromatic carbocycles. The lowest BCUT2D eigenvalue weighted by Crippen LogP contribution is -2.36. The van der Waals surface area contributed by atoms with E-state index in [0.29, 0.717) is 4.83 Å². The minimum absolute atomic E-state index is 0.116. The van der Waals surface area contributed by atoms with Gasteiger partial charge in [-0.2, -0.15) is 0 Å². The summed E-state index contributed by atoms with van der Waals surface area (Å²) in [4.78, 5) is 0.312. The van der Waals surface area contributed by atoms with Gasteiger partial charge in [-0.15, -0.1) is 0 Å². The second kappa shape index (κ2) is 6.31. The largest absolute Gasteiger partial charge is 0.363 e. The third kappa shape index (κ3) is 2.85. The van der Waals surface area contributed by atoms with Crippen LogP contribution in [0.4, 0.5) is 0 Å². The van der Waals surface area contributed by atoms with Crippen LogP contribution in [0.25, 0.3) is 11.1 Å². The van der Waals surface area contributed by atoms with Crippen molar-refractivity contribution < 1.29 is 4.74 Å². The molecule has 0 unspecified atom stereocenters. The normalized spacial score (nSPS) is 23.3. The zero-order valence-corrected chi connectivity index (χ0v) is 14.2. The molecule has 1 saturated heterocycles. The summed E-state index contributed by atoms with van der Waals surface area (Å²) in [6, 6.07) is 29.5. The van der Waals surface area contributed by atoms with Crippen molar-refractivity contribution in [2.24, 2.45) is 0 Å². The quantitative estimate of drug-likeness (QED) is 0.523. The second-order valence-corrected chi connectivity index (χ2v) is 6.88. The number of alkyl halides is 1. The average Bonchev–Trinajstić information content (AvgIpc) is 2.63. The van der Waals surface area contributed by atoms with Crippen molar-refractivity contribution in [3.05, 3.63) is 96.1 Å². The molecule has 3 aromatic rings. The van der Waals surface area contributed by atoms with E-state index < -0.39 is 0 Å². The van der Waals surface area contributed by atoms with Gasteiger partial charge < -0.3 is 4.74 Å². The van der Waals surface area contributed by atoms with Crippen LogP contribution in [0.5, 0.6) is 0 Å². The number of rotatable bonds is 3. The van der Waals surface area contributed by atoms with Crippen LogP contribution in [-0.2, 0) is 4.74 Å². The Morgan fingerprint density at radius 2 is 1.04 bits per heavy atom. The highest BCUT2D eigenvalue weighted by Gasteiger charge is 2.42. The third-order valence-corrected chi connectivity index (χ3v) is 5.31. The van der Waals surface area contributed by atoms with E-state index in [1.165, 1.54) is 22.3 Å². The Morgan fingerprint density at radius 1 is 0.565 bits per heavy atom. The van der Waals surface area contributed by atoms with E-state index in [1.54, 1.807) is 0 Å². The van der Waals surface area contributed by atoms with Crippen molar-refractivity contribution in [1.82, 2.24) is 0 Å². The molecule has 1 aliphatic heterocycles. The molecule has 1 aliphatic rings. The molecule has 23 heavy (non-hydrogen) atoms. The van der Waals surface area contributed by atoms with E-state index in [1.807, 2.05) is 12.1 Å². The lowest BCUT2D eigenvalue weighted by atomic mass is 9.92. The van der Waals surface area contributed by atoms with Gasteiger partial charge >= 0.3 is 0 Å². The minimum Gasteiger partial charge on any atom is -0.363 e. The Morgan fingerprint density at radius 3 is 1.61 bits per heavy atom. The standard InChI is InChI=1S/C21H17BrO/c22-19-20(17-9-5-2-6-10-17)23-21(19)18-13-11-16(12-14-18)15-7-3-1-4-8-15/h1-14,19-21H/t19-,20-,21+/m0/s1. The number of hydrogen-bond donors (Lipinski definition) is 0. The molecule has 0 spiro atoms. The fourth-order valence-electron chi connectivity index (χ4n) is 3.04. The van der Waals surface area contributed by atoms with Crippen LogP contribution >= 0.6 is 15.9 Å². The monoisotopic (exact) mass is 364 g/mol. The zero-order valence-electron chi connectivity index (χ0n) is 12.6. The van der Waals surface area contributed by atoms with Gasteiger partial charge in [0.25, 0.3) is 0 Å². The number of ether oxygens (including phenoxy) is 1. The summed E-state index contributed by atoms with van der Waals surface area (Å²) in [7, 11) is 0. The number of hydrogen-bond acceptors (Lipinski definition) is 1. The molecule has 0 radical (unpaired) electrons. The van der Waals surface area contributed by atoms with E-state index in [9.17, 15) is 0 Å². The first kappa shape index (κ1) is 14.7. The summed E-state index contributed by atoms with van der Waals surface area (Å²) in [6.45, 7) is 0. The first-order chi connectivity index (χ1) is 11.3. The topological polar surface area (TPSA) is 9.23 Å². The molecule has 0 aromatic heterocycles. The van der Waals surface area contributed by atoms with Gasteiger partial charge in [0.05, 0.1) is 17.0 Å². The van der Waals surface area contributed by atoms with Gasteiger partial charge in [0.2, 0.25) is 0 Å². The third-order valence-electron chi connectivity index (χ3n) is 4.35. The van der Waals surface area contributed by atoms with Crippen molar-refractivity contribution in [3.8, 4) is 11.1 Å². The highest BCUT2D eigenvalue weighted by molar-refractivity contribution is 9.09. The zero-order chi connectivity index (χ0) is 15.6. The fraction of sp³-hybridized carbons (Fsp3) is 0.143. The number of halogens is 1. The summed E-state index contributed by atoms with van der Waals surface area (Å²) in [5.41, 5.74) is 4.93. The maximum atomic E-state index is 6.12. The van der Waals surface area contributed by atoms with E-state index in [2.05, 4.69) is 88.7 Å². The van der Waals surface area contributed by atoms with Crippen LogP contribution in [0.3, 0.4) is 0 Å². The summed E-state index contributed by atoms with van der Waals surface area (Å²) < 4.78 is 6.12. The van der Waals surface area contributed by atoms with Crippen LogP contribution in [0, 0.1) is 0 Å². The molecular weight excluding hydrogens is 348 g/mol. The lowest BCUT2D eigenvalue weighted by Gasteiger charge is -2.42. The van der Waals surface area contributed by atoms with Crippen molar-refractivity contribution in [2.75, 3.05) is 0 Å². The molecule has 1 heterocycles. The Hall–Kier alpha value is -1.90. The SMILES string of the molecule is Br[C@@H]1[C@@H](c2ccc(-c3ccccc3)cc2)O[C@H]1c1ccccc1. The predicted molar refractivity (Wildman–Crippen MR) is 97.6 cm³/mol. The highest BCUT2D eigenvalue weighted by Crippen LogP contribution is 2.49. The van der Waals surface area contributed by atoms with Gasteiger partial charge in [-0.25, -0.2) is 0 Å². The van der Waals surface area contributed by atoms with Crippen LogP contribution in [-0.4, -0.2) is 4.83 Å². The first-order valence-electron chi connectivity index (χ1n) is 7.83. The summed E-state index contributed by atoms with van der Waals surface area (Å²) in [6.07, 6.45) is 0.250. The van der Waals surface area contributed by atoms with E-state index in [4.69, 9.17) is 4.74 Å². The molecule has 0 saturated carbocycles. The van der Waals surface area contributed by atoms with Crippen molar-refractivity contribution in [3.63, 3.8) is 0 Å². The van der Waals surface area contributed by atoms with Gasteiger partial charge in [0, 0.05) is 0 Å². The maximum absolute atomic E-state index is 6.12. The molecule has 0 aliphatic carbocycles. The fourth-order valence-corrected chi connectivity index (χ4v) is 3.90. The van der Waals surface area contributed by atoms with Gasteiger partial charge in [-0.3, -0.25) is 0 Å². The minimum atomic E-state index is 0.116. The Balaban J connectivity index is 1.50. The molecule has 1 fully saturated rings. The second-order valence-electron chi connectivity index (χ2n) is 5.82. The van der Waals surface area contributed by atoms with E-state index >= 15 is 0 Å². The molecule has 0 N–H and O–H groups in total. The summed E-state index contributed by atoms with van der Waals surface area (Å²) >= 11 is 3.80. The van der Waals surface area contributed by atoms with Crippen LogP contribution in [0.2, 0.25) is 0 Å². The van der Waals surface area contributed by atoms with Gasteiger partial charge in [-0.1, -0.05) is 101 Å². The molecule has 114 valence electrons. The Bertz CT molecular complexity index is 768. The van der Waals surface area contributed by atoms with Crippen molar-refractivity contribution in [1.29, 1.82) is 0 Å². The Labute approximate surface area is 145 Å². The van der Waals surface area contributed by atoms with Gasteiger partial charge in [-0.05, 0) is 22.3 Å². The van der Waals surface area contributed by atoms with Crippen LogP contribution in [0.1, 0.15) is 23.3 Å². The predicted octanol–water partition coefficient (Wildman–Crippen LogP) is 5.93. The molecule has 3 atom stereocenters. The highest BCUT2D eigenvalue weighted by atomic mass is 79.9. The van der Waals surface area contributed by atoms with Crippen molar-refractivity contribution >= 4 is 15.9 Å². The first-order valence-corrected chi connectivity index (χ1v) is 8.74. The smallest absolute Gasteiger partial charge is 0.0987 e. The van der Waals surface area contributed by atoms with Crippen LogP contribution < -0.4 is 0 Å². The van der Waals surface area contributed by atoms with E-state index in [-0.39, 0.29) is 12.2 Å².